The maximum absolute atomic E-state index is 12.9. The van der Waals surface area contributed by atoms with E-state index in [0.29, 0.717) is 0 Å². The van der Waals surface area contributed by atoms with Gasteiger partial charge in [-0.2, -0.15) is 0 Å². The third kappa shape index (κ3) is 3.68. The van der Waals surface area contributed by atoms with E-state index < -0.39 is 5.82 Å². The highest BCUT2D eigenvalue weighted by atomic mass is 35.5. The van der Waals surface area contributed by atoms with Crippen molar-refractivity contribution >= 4 is 17.3 Å². The molecule has 0 aliphatic carbocycles. The van der Waals surface area contributed by atoms with Crippen molar-refractivity contribution in [2.45, 2.75) is 12.8 Å². The smallest absolute Gasteiger partial charge is 0.141 e. The first-order valence-corrected chi connectivity index (χ1v) is 5.30. The first-order chi connectivity index (χ1) is 7.15. The standard InChI is InChI=1S/C11H15ClFNO/c1-14(6-2-3-7-15)9-4-5-11(13)10(12)8-9/h4-5,8,15H,2-3,6-7H2,1H3. The Kier molecular flexibility index (Phi) is 4.85. The summed E-state index contributed by atoms with van der Waals surface area (Å²) in [4.78, 5) is 1.99. The Bertz CT molecular complexity index is 319. The van der Waals surface area contributed by atoms with Crippen LogP contribution in [0.25, 0.3) is 0 Å². The van der Waals surface area contributed by atoms with Gasteiger partial charge in [-0.3, -0.25) is 0 Å². The number of aliphatic hydroxyl groups is 1. The van der Waals surface area contributed by atoms with Crippen LogP contribution in [0.1, 0.15) is 12.8 Å². The van der Waals surface area contributed by atoms with Crippen molar-refractivity contribution in [3.8, 4) is 0 Å². The Balaban J connectivity index is 2.57. The molecule has 4 heteroatoms. The first kappa shape index (κ1) is 12.3. The van der Waals surface area contributed by atoms with Gasteiger partial charge in [0, 0.05) is 25.9 Å². The van der Waals surface area contributed by atoms with E-state index >= 15 is 0 Å². The van der Waals surface area contributed by atoms with Crippen molar-refractivity contribution in [2.75, 3.05) is 25.1 Å². The van der Waals surface area contributed by atoms with Crippen LogP contribution in [-0.2, 0) is 0 Å². The fraction of sp³-hybridized carbons (Fsp3) is 0.455. The molecule has 0 saturated heterocycles. The van der Waals surface area contributed by atoms with E-state index in [1.54, 1.807) is 12.1 Å². The summed E-state index contributed by atoms with van der Waals surface area (Å²) in [7, 11) is 1.92. The second-order valence-electron chi connectivity index (χ2n) is 3.45. The third-order valence-corrected chi connectivity index (χ3v) is 2.54. The van der Waals surface area contributed by atoms with E-state index in [9.17, 15) is 4.39 Å². The van der Waals surface area contributed by atoms with Gasteiger partial charge in [-0.25, -0.2) is 4.39 Å². The van der Waals surface area contributed by atoms with E-state index in [2.05, 4.69) is 0 Å². The molecule has 1 aromatic carbocycles. The number of halogens is 2. The molecule has 0 fully saturated rings. The molecule has 0 aromatic heterocycles. The molecule has 0 unspecified atom stereocenters. The maximum Gasteiger partial charge on any atom is 0.141 e. The molecule has 0 spiro atoms. The zero-order valence-corrected chi connectivity index (χ0v) is 9.47. The average molecular weight is 232 g/mol. The van der Waals surface area contributed by atoms with E-state index in [1.165, 1.54) is 6.07 Å². The maximum atomic E-state index is 12.9. The van der Waals surface area contributed by atoms with Gasteiger partial charge >= 0.3 is 0 Å². The van der Waals surface area contributed by atoms with E-state index in [0.717, 1.165) is 25.1 Å². The summed E-state index contributed by atoms with van der Waals surface area (Å²) >= 11 is 5.68. The van der Waals surface area contributed by atoms with Gasteiger partial charge in [0.25, 0.3) is 0 Å². The predicted octanol–water partition coefficient (Wildman–Crippen LogP) is 2.69. The Labute approximate surface area is 94.3 Å². The summed E-state index contributed by atoms with van der Waals surface area (Å²) < 4.78 is 12.9. The molecule has 1 N–H and O–H groups in total. The lowest BCUT2D eigenvalue weighted by atomic mass is 10.2. The molecule has 1 aromatic rings. The van der Waals surface area contributed by atoms with Crippen LogP contribution < -0.4 is 4.90 Å². The van der Waals surface area contributed by atoms with E-state index in [4.69, 9.17) is 16.7 Å². The molecule has 0 aliphatic heterocycles. The van der Waals surface area contributed by atoms with Crippen molar-refractivity contribution < 1.29 is 9.50 Å². The average Bonchev–Trinajstić information content (AvgIpc) is 2.22. The highest BCUT2D eigenvalue weighted by molar-refractivity contribution is 6.31. The van der Waals surface area contributed by atoms with Crippen LogP contribution in [0.5, 0.6) is 0 Å². The van der Waals surface area contributed by atoms with Crippen LogP contribution in [-0.4, -0.2) is 25.3 Å². The lowest BCUT2D eigenvalue weighted by Crippen LogP contribution is -2.18. The summed E-state index contributed by atoms with van der Waals surface area (Å²) in [6.45, 7) is 1.03. The lowest BCUT2D eigenvalue weighted by Gasteiger charge is -2.19. The van der Waals surface area contributed by atoms with Gasteiger partial charge in [-0.05, 0) is 31.0 Å². The van der Waals surface area contributed by atoms with Crippen molar-refractivity contribution in [1.29, 1.82) is 0 Å². The number of unbranched alkanes of at least 4 members (excludes halogenated alkanes) is 1. The molecule has 0 saturated carbocycles. The van der Waals surface area contributed by atoms with Crippen LogP contribution in [0.2, 0.25) is 5.02 Å². The fourth-order valence-electron chi connectivity index (χ4n) is 1.31. The van der Waals surface area contributed by atoms with Crippen LogP contribution in [0.15, 0.2) is 18.2 Å². The molecule has 0 amide bonds. The minimum absolute atomic E-state index is 0.140. The summed E-state index contributed by atoms with van der Waals surface area (Å²) in [6.07, 6.45) is 1.68. The Morgan fingerprint density at radius 1 is 1.40 bits per heavy atom. The molecule has 0 aliphatic rings. The van der Waals surface area contributed by atoms with Gasteiger partial charge in [0.1, 0.15) is 5.82 Å². The number of anilines is 1. The van der Waals surface area contributed by atoms with Crippen molar-refractivity contribution in [3.05, 3.63) is 29.0 Å². The van der Waals surface area contributed by atoms with Crippen molar-refractivity contribution in [1.82, 2.24) is 0 Å². The largest absolute Gasteiger partial charge is 0.396 e. The summed E-state index contributed by atoms with van der Waals surface area (Å²) in [5.41, 5.74) is 0.888. The van der Waals surface area contributed by atoms with Crippen molar-refractivity contribution in [2.24, 2.45) is 0 Å². The molecule has 1 rings (SSSR count). The minimum atomic E-state index is -0.399. The molecular formula is C11H15ClFNO. The number of rotatable bonds is 5. The van der Waals surface area contributed by atoms with E-state index in [1.807, 2.05) is 11.9 Å². The molecular weight excluding hydrogens is 217 g/mol. The SMILES string of the molecule is CN(CCCCO)c1ccc(F)c(Cl)c1. The van der Waals surface area contributed by atoms with Crippen LogP contribution in [0, 0.1) is 5.82 Å². The Morgan fingerprint density at radius 3 is 2.73 bits per heavy atom. The highest BCUT2D eigenvalue weighted by Crippen LogP contribution is 2.21. The summed E-state index contributed by atoms with van der Waals surface area (Å²) in [6, 6.07) is 4.66. The number of hydrogen-bond donors (Lipinski definition) is 1. The molecule has 0 heterocycles. The Morgan fingerprint density at radius 2 is 2.13 bits per heavy atom. The number of nitrogens with zero attached hydrogens (tertiary/aromatic N) is 1. The second kappa shape index (κ2) is 5.93. The van der Waals surface area contributed by atoms with Gasteiger partial charge in [0.05, 0.1) is 5.02 Å². The first-order valence-electron chi connectivity index (χ1n) is 4.92. The van der Waals surface area contributed by atoms with Gasteiger partial charge in [-0.15, -0.1) is 0 Å². The topological polar surface area (TPSA) is 23.5 Å². The van der Waals surface area contributed by atoms with Gasteiger partial charge < -0.3 is 10.0 Å². The molecule has 15 heavy (non-hydrogen) atoms. The number of aliphatic hydroxyl groups excluding tert-OH is 1. The van der Waals surface area contributed by atoms with Gasteiger partial charge in [-0.1, -0.05) is 11.6 Å². The molecule has 0 radical (unpaired) electrons. The van der Waals surface area contributed by atoms with Crippen LogP contribution in [0.3, 0.4) is 0 Å². The highest BCUT2D eigenvalue weighted by Gasteiger charge is 2.04. The second-order valence-corrected chi connectivity index (χ2v) is 3.86. The fourth-order valence-corrected chi connectivity index (χ4v) is 1.49. The normalized spacial score (nSPS) is 10.4. The minimum Gasteiger partial charge on any atom is -0.396 e. The molecule has 2 nitrogen and oxygen atoms in total. The summed E-state index contributed by atoms with van der Waals surface area (Å²) in [5.74, 6) is -0.399. The molecule has 84 valence electrons. The zero-order valence-electron chi connectivity index (χ0n) is 8.71. The monoisotopic (exact) mass is 231 g/mol. The molecule has 0 atom stereocenters. The van der Waals surface area contributed by atoms with Crippen molar-refractivity contribution in [3.63, 3.8) is 0 Å². The van der Waals surface area contributed by atoms with Gasteiger partial charge in [0.15, 0.2) is 0 Å². The van der Waals surface area contributed by atoms with Crippen LogP contribution in [0.4, 0.5) is 10.1 Å². The lowest BCUT2D eigenvalue weighted by molar-refractivity contribution is 0.285. The number of hydrogen-bond acceptors (Lipinski definition) is 2. The van der Waals surface area contributed by atoms with Gasteiger partial charge in [0.2, 0.25) is 0 Å². The Hall–Kier alpha value is -0.800. The zero-order chi connectivity index (χ0) is 11.3. The summed E-state index contributed by atoms with van der Waals surface area (Å²) in [5, 5.41) is 8.78. The quantitative estimate of drug-likeness (QED) is 0.788. The third-order valence-electron chi connectivity index (χ3n) is 2.25. The van der Waals surface area contributed by atoms with E-state index in [-0.39, 0.29) is 11.6 Å². The van der Waals surface area contributed by atoms with Crippen LogP contribution >= 0.6 is 11.6 Å². The number of benzene rings is 1. The predicted molar refractivity (Wildman–Crippen MR) is 61.0 cm³/mol. The molecule has 0 bridgehead atoms.